The average molecular weight is 306 g/mol. The molecule has 0 amide bonds. The van der Waals surface area contributed by atoms with E-state index < -0.39 is 0 Å². The first-order chi connectivity index (χ1) is 11.3. The van der Waals surface area contributed by atoms with Gasteiger partial charge in [-0.15, -0.1) is 0 Å². The van der Waals surface area contributed by atoms with Crippen molar-refractivity contribution in [3.63, 3.8) is 0 Å². The molecule has 1 saturated heterocycles. The van der Waals surface area contributed by atoms with Crippen molar-refractivity contribution in [1.29, 1.82) is 0 Å². The summed E-state index contributed by atoms with van der Waals surface area (Å²) >= 11 is 0. The first-order valence-corrected chi connectivity index (χ1v) is 7.99. The number of allylic oxidation sites excluding steroid dienone is 1. The van der Waals surface area contributed by atoms with Crippen LogP contribution in [-0.4, -0.2) is 29.7 Å². The highest BCUT2D eigenvalue weighted by atomic mass is 15.3. The predicted molar refractivity (Wildman–Crippen MR) is 96.4 cm³/mol. The number of hydrazone groups is 1. The van der Waals surface area contributed by atoms with Crippen molar-refractivity contribution in [2.75, 3.05) is 19.0 Å². The SMILES string of the molecule is C1=Cc2ccccc2NN=C1.CN1CCCC1c1cccnc1. The smallest absolute Gasteiger partial charge is 0.0634 e. The Hall–Kier alpha value is -2.46. The number of para-hydroxylation sites is 1. The van der Waals surface area contributed by atoms with Crippen molar-refractivity contribution in [2.45, 2.75) is 18.9 Å². The van der Waals surface area contributed by atoms with Gasteiger partial charge in [-0.1, -0.05) is 30.3 Å². The standard InChI is InChI=1S/C10H14N2.C9H8N2/c1-12-7-3-5-10(12)9-4-2-6-11-8-9;1-2-6-9-8(4-1)5-3-7-10-11-9/h2,4,6,8,10H,3,5,7H2,1H3;1-7,11H. The Balaban J connectivity index is 0.000000136. The van der Waals surface area contributed by atoms with Crippen molar-refractivity contribution in [3.8, 4) is 0 Å². The second-order valence-electron chi connectivity index (χ2n) is 5.76. The van der Waals surface area contributed by atoms with Crippen LogP contribution in [0.15, 0.2) is 60.0 Å². The predicted octanol–water partition coefficient (Wildman–Crippen LogP) is 3.96. The highest BCUT2D eigenvalue weighted by Gasteiger charge is 2.21. The van der Waals surface area contributed by atoms with Gasteiger partial charge in [0.1, 0.15) is 0 Å². The van der Waals surface area contributed by atoms with Crippen molar-refractivity contribution in [1.82, 2.24) is 9.88 Å². The quantitative estimate of drug-likeness (QED) is 0.867. The number of rotatable bonds is 1. The summed E-state index contributed by atoms with van der Waals surface area (Å²) in [5, 5.41) is 3.95. The summed E-state index contributed by atoms with van der Waals surface area (Å²) in [6.45, 7) is 1.22. The van der Waals surface area contributed by atoms with Crippen LogP contribution in [0.25, 0.3) is 6.08 Å². The molecule has 2 aromatic rings. The Kier molecular flexibility index (Phi) is 5.17. The van der Waals surface area contributed by atoms with Crippen LogP contribution in [0.2, 0.25) is 0 Å². The van der Waals surface area contributed by atoms with Gasteiger partial charge in [0.2, 0.25) is 0 Å². The van der Waals surface area contributed by atoms with Crippen molar-refractivity contribution in [2.24, 2.45) is 5.10 Å². The molecular weight excluding hydrogens is 284 g/mol. The van der Waals surface area contributed by atoms with Crippen molar-refractivity contribution in [3.05, 3.63) is 66.0 Å². The van der Waals surface area contributed by atoms with Gasteiger partial charge in [0.05, 0.1) is 5.69 Å². The van der Waals surface area contributed by atoms with Gasteiger partial charge in [-0.3, -0.25) is 15.3 Å². The van der Waals surface area contributed by atoms with E-state index in [0.717, 1.165) is 5.69 Å². The summed E-state index contributed by atoms with van der Waals surface area (Å²) in [5.41, 5.74) is 6.52. The number of likely N-dealkylation sites (tertiary alicyclic amines) is 1. The van der Waals surface area contributed by atoms with Gasteiger partial charge in [0.25, 0.3) is 0 Å². The summed E-state index contributed by atoms with van der Waals surface area (Å²) in [6.07, 6.45) is 12.1. The maximum Gasteiger partial charge on any atom is 0.0634 e. The molecule has 4 heteroatoms. The molecule has 2 aliphatic rings. The molecule has 0 bridgehead atoms. The van der Waals surface area contributed by atoms with Crippen LogP contribution >= 0.6 is 0 Å². The molecule has 4 rings (SSSR count). The molecule has 2 aliphatic heterocycles. The molecule has 0 spiro atoms. The van der Waals surface area contributed by atoms with Gasteiger partial charge in [-0.05, 0) is 55.8 Å². The summed E-state index contributed by atoms with van der Waals surface area (Å²) < 4.78 is 0. The minimum absolute atomic E-state index is 0.610. The third-order valence-corrected chi connectivity index (χ3v) is 4.17. The number of benzene rings is 1. The van der Waals surface area contributed by atoms with Gasteiger partial charge in [0, 0.05) is 24.7 Å². The lowest BCUT2D eigenvalue weighted by molar-refractivity contribution is 0.317. The zero-order valence-corrected chi connectivity index (χ0v) is 13.4. The summed E-state index contributed by atoms with van der Waals surface area (Å²) in [5.74, 6) is 0. The first-order valence-electron chi connectivity index (χ1n) is 7.99. The van der Waals surface area contributed by atoms with E-state index in [0.29, 0.717) is 6.04 Å². The molecule has 0 aliphatic carbocycles. The molecule has 118 valence electrons. The van der Waals surface area contributed by atoms with E-state index in [-0.39, 0.29) is 0 Å². The van der Waals surface area contributed by atoms with E-state index in [2.05, 4.69) is 33.5 Å². The maximum atomic E-state index is 4.14. The fraction of sp³-hybridized carbons (Fsp3) is 0.263. The highest BCUT2D eigenvalue weighted by molar-refractivity contribution is 5.83. The van der Waals surface area contributed by atoms with Crippen LogP contribution < -0.4 is 5.43 Å². The molecule has 23 heavy (non-hydrogen) atoms. The van der Waals surface area contributed by atoms with E-state index in [1.165, 1.54) is 30.5 Å². The van der Waals surface area contributed by atoms with Crippen LogP contribution in [0, 0.1) is 0 Å². The summed E-state index contributed by atoms with van der Waals surface area (Å²) in [6, 6.07) is 12.8. The van der Waals surface area contributed by atoms with Gasteiger partial charge >= 0.3 is 0 Å². The number of nitrogens with one attached hydrogen (secondary N) is 1. The zero-order chi connectivity index (χ0) is 15.9. The topological polar surface area (TPSA) is 40.5 Å². The molecular formula is C19H22N4. The number of hydrogen-bond donors (Lipinski definition) is 1. The summed E-state index contributed by atoms with van der Waals surface area (Å²) in [7, 11) is 2.19. The molecule has 1 N–H and O–H groups in total. The summed E-state index contributed by atoms with van der Waals surface area (Å²) in [4.78, 5) is 6.54. The average Bonchev–Trinajstić information content (AvgIpc) is 2.89. The fourth-order valence-electron chi connectivity index (χ4n) is 2.95. The van der Waals surface area contributed by atoms with E-state index in [1.807, 2.05) is 54.9 Å². The van der Waals surface area contributed by atoms with E-state index in [4.69, 9.17) is 0 Å². The van der Waals surface area contributed by atoms with Crippen molar-refractivity contribution < 1.29 is 0 Å². The Morgan fingerprint density at radius 2 is 2.09 bits per heavy atom. The molecule has 0 saturated carbocycles. The van der Waals surface area contributed by atoms with Crippen LogP contribution in [-0.2, 0) is 0 Å². The third kappa shape index (κ3) is 4.05. The normalized spacial score (nSPS) is 19.3. The lowest BCUT2D eigenvalue weighted by Gasteiger charge is -2.18. The number of pyridine rings is 1. The number of fused-ring (bicyclic) bond motifs is 1. The molecule has 1 fully saturated rings. The highest BCUT2D eigenvalue weighted by Crippen LogP contribution is 2.29. The van der Waals surface area contributed by atoms with E-state index >= 15 is 0 Å². The maximum absolute atomic E-state index is 4.14. The number of nitrogens with zero attached hydrogens (tertiary/aromatic N) is 3. The van der Waals surface area contributed by atoms with Crippen LogP contribution in [0.4, 0.5) is 5.69 Å². The fourth-order valence-corrected chi connectivity index (χ4v) is 2.95. The van der Waals surface area contributed by atoms with Crippen LogP contribution in [0.5, 0.6) is 0 Å². The molecule has 3 heterocycles. The molecule has 0 radical (unpaired) electrons. The third-order valence-electron chi connectivity index (χ3n) is 4.17. The molecule has 1 unspecified atom stereocenters. The minimum atomic E-state index is 0.610. The lowest BCUT2D eigenvalue weighted by Crippen LogP contribution is -2.17. The van der Waals surface area contributed by atoms with E-state index in [1.54, 1.807) is 6.21 Å². The second kappa shape index (κ2) is 7.70. The Labute approximate surface area is 137 Å². The number of aromatic nitrogens is 1. The van der Waals surface area contributed by atoms with Gasteiger partial charge in [-0.2, -0.15) is 5.10 Å². The largest absolute Gasteiger partial charge is 0.299 e. The van der Waals surface area contributed by atoms with Gasteiger partial charge < -0.3 is 0 Å². The minimum Gasteiger partial charge on any atom is -0.299 e. The monoisotopic (exact) mass is 306 g/mol. The Morgan fingerprint density at radius 3 is 2.87 bits per heavy atom. The second-order valence-corrected chi connectivity index (χ2v) is 5.76. The van der Waals surface area contributed by atoms with Gasteiger partial charge in [-0.25, -0.2) is 0 Å². The Morgan fingerprint density at radius 1 is 1.17 bits per heavy atom. The number of anilines is 1. The van der Waals surface area contributed by atoms with Gasteiger partial charge in [0.15, 0.2) is 0 Å². The number of hydrogen-bond acceptors (Lipinski definition) is 4. The lowest BCUT2D eigenvalue weighted by atomic mass is 10.1. The molecule has 4 nitrogen and oxygen atoms in total. The molecule has 1 aromatic carbocycles. The zero-order valence-electron chi connectivity index (χ0n) is 13.4. The van der Waals surface area contributed by atoms with E-state index in [9.17, 15) is 0 Å². The Bertz CT molecular complexity index is 679. The van der Waals surface area contributed by atoms with Crippen LogP contribution in [0.1, 0.15) is 30.0 Å². The van der Waals surface area contributed by atoms with Crippen LogP contribution in [0.3, 0.4) is 0 Å². The first kappa shape index (κ1) is 15.4. The molecule has 1 aromatic heterocycles. The van der Waals surface area contributed by atoms with Crippen molar-refractivity contribution >= 4 is 18.0 Å². The molecule has 1 atom stereocenters.